The Morgan fingerprint density at radius 3 is 2.78 bits per heavy atom. The third kappa shape index (κ3) is 4.03. The molecule has 1 aromatic heterocycles. The van der Waals surface area contributed by atoms with Crippen LogP contribution in [0.15, 0.2) is 6.20 Å². The Bertz CT molecular complexity index is 426. The Hall–Kier alpha value is -1.56. The number of nitrogens with one attached hydrogen (secondary N) is 1. The van der Waals surface area contributed by atoms with E-state index < -0.39 is 12.0 Å². The molecule has 1 aromatic rings. The van der Waals surface area contributed by atoms with Gasteiger partial charge in [-0.25, -0.2) is 9.78 Å². The lowest BCUT2D eigenvalue weighted by Gasteiger charge is -2.17. The van der Waals surface area contributed by atoms with Gasteiger partial charge in [-0.3, -0.25) is 0 Å². The number of halogens is 1. The van der Waals surface area contributed by atoms with E-state index in [1.54, 1.807) is 0 Å². The van der Waals surface area contributed by atoms with Gasteiger partial charge in [-0.2, -0.15) is 4.98 Å². The molecule has 0 fully saturated rings. The number of aromatic nitrogens is 2. The van der Waals surface area contributed by atoms with Gasteiger partial charge in [0.25, 0.3) is 0 Å². The van der Waals surface area contributed by atoms with Crippen molar-refractivity contribution < 1.29 is 14.6 Å². The van der Waals surface area contributed by atoms with Crippen LogP contribution in [0.4, 0.5) is 5.82 Å². The predicted octanol–water partition coefficient (Wildman–Crippen LogP) is 2.05. The van der Waals surface area contributed by atoms with Crippen molar-refractivity contribution in [3.05, 3.63) is 11.2 Å². The molecule has 0 aromatic carbocycles. The normalized spacial score (nSPS) is 12.3. The van der Waals surface area contributed by atoms with Crippen molar-refractivity contribution in [1.29, 1.82) is 0 Å². The first-order valence-electron chi connectivity index (χ1n) is 5.50. The molecule has 1 atom stereocenters. The summed E-state index contributed by atoms with van der Waals surface area (Å²) in [5.41, 5.74) is 0. The van der Waals surface area contributed by atoms with Gasteiger partial charge in [0.05, 0.1) is 13.3 Å². The minimum Gasteiger partial charge on any atom is -0.480 e. The molecule has 0 aliphatic carbocycles. The maximum Gasteiger partial charge on any atom is 0.326 e. The van der Waals surface area contributed by atoms with Crippen LogP contribution in [-0.4, -0.2) is 34.2 Å². The summed E-state index contributed by atoms with van der Waals surface area (Å²) in [7, 11) is 1.43. The van der Waals surface area contributed by atoms with Crippen LogP contribution in [0.1, 0.15) is 20.3 Å². The lowest BCUT2D eigenvalue weighted by atomic mass is 10.0. The molecule has 1 unspecified atom stereocenters. The van der Waals surface area contributed by atoms with Crippen LogP contribution in [0.2, 0.25) is 5.02 Å². The standard InChI is InChI=1S/C11H16ClN3O3/c1-6(2)4-8(10(16)17)14-9-7(12)5-13-11(15-9)18-3/h5-6,8H,4H2,1-3H3,(H,16,17)(H,13,14,15). The lowest BCUT2D eigenvalue weighted by Crippen LogP contribution is -2.31. The molecule has 0 saturated heterocycles. The molecular formula is C11H16ClN3O3. The second-order valence-electron chi connectivity index (χ2n) is 4.22. The first kappa shape index (κ1) is 14.5. The topological polar surface area (TPSA) is 84.3 Å². The number of nitrogens with zero attached hydrogens (tertiary/aromatic N) is 2. The van der Waals surface area contributed by atoms with Gasteiger partial charge in [-0.15, -0.1) is 0 Å². The molecule has 0 spiro atoms. The van der Waals surface area contributed by atoms with Crippen molar-refractivity contribution in [2.24, 2.45) is 5.92 Å². The largest absolute Gasteiger partial charge is 0.480 e. The number of carbonyl (C=O) groups is 1. The van der Waals surface area contributed by atoms with Crippen molar-refractivity contribution in [2.75, 3.05) is 12.4 Å². The summed E-state index contributed by atoms with van der Waals surface area (Å²) < 4.78 is 4.86. The van der Waals surface area contributed by atoms with E-state index in [2.05, 4.69) is 15.3 Å². The van der Waals surface area contributed by atoms with Gasteiger partial charge in [0.15, 0.2) is 5.82 Å². The molecule has 1 heterocycles. The second kappa shape index (κ2) is 6.39. The van der Waals surface area contributed by atoms with Gasteiger partial charge in [0.2, 0.25) is 0 Å². The summed E-state index contributed by atoms with van der Waals surface area (Å²) in [5.74, 6) is -0.449. The van der Waals surface area contributed by atoms with E-state index in [1.165, 1.54) is 13.3 Å². The number of hydrogen-bond donors (Lipinski definition) is 2. The smallest absolute Gasteiger partial charge is 0.326 e. The van der Waals surface area contributed by atoms with Crippen LogP contribution in [0.3, 0.4) is 0 Å². The lowest BCUT2D eigenvalue weighted by molar-refractivity contribution is -0.138. The van der Waals surface area contributed by atoms with E-state index in [4.69, 9.17) is 21.4 Å². The van der Waals surface area contributed by atoms with Gasteiger partial charge in [-0.1, -0.05) is 25.4 Å². The summed E-state index contributed by atoms with van der Waals surface area (Å²) in [6.07, 6.45) is 1.84. The SMILES string of the molecule is COc1ncc(Cl)c(NC(CC(C)C)C(=O)O)n1. The molecule has 2 N–H and O–H groups in total. The highest BCUT2D eigenvalue weighted by molar-refractivity contribution is 6.32. The van der Waals surface area contributed by atoms with Crippen LogP contribution in [0.25, 0.3) is 0 Å². The Morgan fingerprint density at radius 2 is 2.28 bits per heavy atom. The van der Waals surface area contributed by atoms with Crippen molar-refractivity contribution in [1.82, 2.24) is 9.97 Å². The molecule has 100 valence electrons. The van der Waals surface area contributed by atoms with E-state index in [0.29, 0.717) is 6.42 Å². The number of aliphatic carboxylic acids is 1. The maximum atomic E-state index is 11.1. The van der Waals surface area contributed by atoms with Gasteiger partial charge in [0, 0.05) is 0 Å². The van der Waals surface area contributed by atoms with Crippen molar-refractivity contribution in [3.63, 3.8) is 0 Å². The summed E-state index contributed by atoms with van der Waals surface area (Å²) in [6.45, 7) is 3.89. The average Bonchev–Trinajstić information content (AvgIpc) is 2.30. The van der Waals surface area contributed by atoms with E-state index in [-0.39, 0.29) is 22.8 Å². The minimum atomic E-state index is -0.947. The molecule has 0 amide bonds. The zero-order valence-corrected chi connectivity index (χ0v) is 11.2. The highest BCUT2D eigenvalue weighted by Gasteiger charge is 2.20. The number of ether oxygens (including phenoxy) is 1. The molecular weight excluding hydrogens is 258 g/mol. The van der Waals surface area contributed by atoms with Crippen molar-refractivity contribution >= 4 is 23.4 Å². The number of anilines is 1. The Kier molecular flexibility index (Phi) is 5.15. The molecule has 0 bridgehead atoms. The molecule has 0 radical (unpaired) electrons. The van der Waals surface area contributed by atoms with Crippen LogP contribution >= 0.6 is 11.6 Å². The average molecular weight is 274 g/mol. The number of carboxylic acid groups (broad SMARTS) is 1. The number of carboxylic acids is 1. The van der Waals surface area contributed by atoms with E-state index >= 15 is 0 Å². The number of rotatable bonds is 6. The Balaban J connectivity index is 2.89. The third-order valence-electron chi connectivity index (χ3n) is 2.22. The molecule has 0 aliphatic heterocycles. The number of methoxy groups -OCH3 is 1. The summed E-state index contributed by atoms with van der Waals surface area (Å²) >= 11 is 5.90. The zero-order valence-electron chi connectivity index (χ0n) is 10.5. The van der Waals surface area contributed by atoms with Crippen LogP contribution in [0, 0.1) is 5.92 Å². The first-order valence-corrected chi connectivity index (χ1v) is 5.87. The van der Waals surface area contributed by atoms with E-state index in [9.17, 15) is 4.79 Å². The monoisotopic (exact) mass is 273 g/mol. The molecule has 1 rings (SSSR count). The summed E-state index contributed by atoms with van der Waals surface area (Å²) in [5, 5.41) is 12.2. The maximum absolute atomic E-state index is 11.1. The second-order valence-corrected chi connectivity index (χ2v) is 4.63. The fourth-order valence-corrected chi connectivity index (χ4v) is 1.55. The van der Waals surface area contributed by atoms with Gasteiger partial charge >= 0.3 is 12.0 Å². The van der Waals surface area contributed by atoms with Gasteiger partial charge < -0.3 is 15.2 Å². The molecule has 6 nitrogen and oxygen atoms in total. The summed E-state index contributed by atoms with van der Waals surface area (Å²) in [4.78, 5) is 18.9. The van der Waals surface area contributed by atoms with E-state index in [1.807, 2.05) is 13.8 Å². The third-order valence-corrected chi connectivity index (χ3v) is 2.50. The zero-order chi connectivity index (χ0) is 13.7. The Morgan fingerprint density at radius 1 is 1.61 bits per heavy atom. The van der Waals surface area contributed by atoms with Crippen molar-refractivity contribution in [3.8, 4) is 6.01 Å². The van der Waals surface area contributed by atoms with Crippen LogP contribution in [0.5, 0.6) is 6.01 Å². The Labute approximate surface area is 110 Å². The quantitative estimate of drug-likeness (QED) is 0.825. The fraction of sp³-hybridized carbons (Fsp3) is 0.545. The predicted molar refractivity (Wildman–Crippen MR) is 68.1 cm³/mol. The molecule has 0 aliphatic rings. The highest BCUT2D eigenvalue weighted by atomic mass is 35.5. The number of hydrogen-bond acceptors (Lipinski definition) is 5. The summed E-state index contributed by atoms with van der Waals surface area (Å²) in [6, 6.07) is -0.613. The van der Waals surface area contributed by atoms with Gasteiger partial charge in [0.1, 0.15) is 11.1 Å². The molecule has 0 saturated carbocycles. The van der Waals surface area contributed by atoms with Crippen LogP contribution < -0.4 is 10.1 Å². The minimum absolute atomic E-state index is 0.135. The highest BCUT2D eigenvalue weighted by Crippen LogP contribution is 2.22. The fourth-order valence-electron chi connectivity index (χ4n) is 1.41. The molecule has 18 heavy (non-hydrogen) atoms. The first-order chi connectivity index (χ1) is 8.43. The van der Waals surface area contributed by atoms with Crippen LogP contribution in [-0.2, 0) is 4.79 Å². The molecule has 7 heteroatoms. The van der Waals surface area contributed by atoms with Crippen molar-refractivity contribution in [2.45, 2.75) is 26.3 Å². The van der Waals surface area contributed by atoms with E-state index in [0.717, 1.165) is 0 Å². The van der Waals surface area contributed by atoms with Gasteiger partial charge in [-0.05, 0) is 12.3 Å².